The summed E-state index contributed by atoms with van der Waals surface area (Å²) in [6.07, 6.45) is 0.934. The predicted molar refractivity (Wildman–Crippen MR) is 112 cm³/mol. The van der Waals surface area contributed by atoms with Crippen LogP contribution in [-0.2, 0) is 4.74 Å². The summed E-state index contributed by atoms with van der Waals surface area (Å²) in [5.74, 6) is 0.975. The highest BCUT2D eigenvalue weighted by molar-refractivity contribution is 6.31. The summed E-state index contributed by atoms with van der Waals surface area (Å²) in [5.41, 5.74) is 7.37. The summed E-state index contributed by atoms with van der Waals surface area (Å²) in [7, 11) is 0. The number of morpholine rings is 1. The van der Waals surface area contributed by atoms with Gasteiger partial charge >= 0.3 is 0 Å². The van der Waals surface area contributed by atoms with Gasteiger partial charge in [0.1, 0.15) is 17.4 Å². The van der Waals surface area contributed by atoms with E-state index in [9.17, 15) is 4.39 Å². The summed E-state index contributed by atoms with van der Waals surface area (Å²) in [4.78, 5) is 11.3. The zero-order chi connectivity index (χ0) is 20.2. The van der Waals surface area contributed by atoms with Crippen LogP contribution in [0.4, 0.5) is 10.2 Å². The van der Waals surface area contributed by atoms with Crippen LogP contribution in [0.1, 0.15) is 6.42 Å². The predicted octanol–water partition coefficient (Wildman–Crippen LogP) is 3.77. The molecule has 0 unspecified atom stereocenters. The smallest absolute Gasteiger partial charge is 0.162 e. The van der Waals surface area contributed by atoms with Crippen LogP contribution in [0.3, 0.4) is 0 Å². The molecule has 1 saturated heterocycles. The Bertz CT molecular complexity index is 1010. The van der Waals surface area contributed by atoms with Crippen LogP contribution in [0.25, 0.3) is 22.3 Å². The van der Waals surface area contributed by atoms with E-state index in [1.54, 1.807) is 6.07 Å². The van der Waals surface area contributed by atoms with Crippen LogP contribution in [0, 0.1) is 5.82 Å². The first-order chi connectivity index (χ1) is 14.1. The average Bonchev–Trinajstić information content (AvgIpc) is 2.73. The van der Waals surface area contributed by atoms with Crippen molar-refractivity contribution in [3.8, 4) is 17.1 Å². The van der Waals surface area contributed by atoms with E-state index in [0.29, 0.717) is 29.3 Å². The van der Waals surface area contributed by atoms with Gasteiger partial charge in [0.15, 0.2) is 5.82 Å². The third-order valence-electron chi connectivity index (χ3n) is 4.87. The molecule has 0 atom stereocenters. The molecule has 3 aromatic rings. The second-order valence-corrected chi connectivity index (χ2v) is 7.30. The molecule has 6 nitrogen and oxygen atoms in total. The monoisotopic (exact) mass is 416 g/mol. The third kappa shape index (κ3) is 4.75. The number of halogens is 2. The molecule has 0 saturated carbocycles. The van der Waals surface area contributed by atoms with Gasteiger partial charge in [0, 0.05) is 36.7 Å². The summed E-state index contributed by atoms with van der Waals surface area (Å²) >= 11 is 5.88. The SMILES string of the molecule is Nc1nc(-c2ccc(F)c(Cl)c2)nc2cc(OCCCN3CCOCC3)ccc12. The number of anilines is 1. The van der Waals surface area contributed by atoms with Crippen molar-refractivity contribution >= 4 is 28.3 Å². The molecule has 0 bridgehead atoms. The Labute approximate surface area is 173 Å². The molecule has 2 heterocycles. The third-order valence-corrected chi connectivity index (χ3v) is 5.16. The van der Waals surface area contributed by atoms with Crippen molar-refractivity contribution in [1.82, 2.24) is 14.9 Å². The number of nitrogens with two attached hydrogens (primary N) is 1. The lowest BCUT2D eigenvalue weighted by atomic mass is 10.1. The molecule has 1 aliphatic rings. The van der Waals surface area contributed by atoms with Crippen molar-refractivity contribution in [3.05, 3.63) is 47.2 Å². The van der Waals surface area contributed by atoms with Gasteiger partial charge in [-0.2, -0.15) is 0 Å². The molecule has 1 aliphatic heterocycles. The molecule has 2 aromatic carbocycles. The summed E-state index contributed by atoms with van der Waals surface area (Å²) in [6, 6.07) is 9.91. The number of fused-ring (bicyclic) bond motifs is 1. The normalized spacial score (nSPS) is 15.0. The van der Waals surface area contributed by atoms with Crippen LogP contribution >= 0.6 is 11.6 Å². The minimum atomic E-state index is -0.489. The molecule has 0 aliphatic carbocycles. The van der Waals surface area contributed by atoms with Gasteiger partial charge < -0.3 is 15.2 Å². The highest BCUT2D eigenvalue weighted by Crippen LogP contribution is 2.28. The van der Waals surface area contributed by atoms with Crippen molar-refractivity contribution < 1.29 is 13.9 Å². The molecule has 1 fully saturated rings. The molecule has 0 amide bonds. The Morgan fingerprint density at radius 2 is 1.97 bits per heavy atom. The molecule has 1 aromatic heterocycles. The summed E-state index contributed by atoms with van der Waals surface area (Å²) in [6.45, 7) is 5.15. The molecule has 0 spiro atoms. The maximum absolute atomic E-state index is 13.4. The van der Waals surface area contributed by atoms with Crippen molar-refractivity contribution in [2.45, 2.75) is 6.42 Å². The van der Waals surface area contributed by atoms with E-state index in [1.807, 2.05) is 18.2 Å². The average molecular weight is 417 g/mol. The minimum Gasteiger partial charge on any atom is -0.493 e. The molecule has 2 N–H and O–H groups in total. The zero-order valence-electron chi connectivity index (χ0n) is 15.9. The number of nitrogens with zero attached hydrogens (tertiary/aromatic N) is 3. The second kappa shape index (κ2) is 8.90. The summed E-state index contributed by atoms with van der Waals surface area (Å²) < 4.78 is 24.7. The fourth-order valence-corrected chi connectivity index (χ4v) is 3.47. The fraction of sp³-hybridized carbons (Fsp3) is 0.333. The van der Waals surface area contributed by atoms with Gasteiger partial charge in [-0.25, -0.2) is 14.4 Å². The molecular weight excluding hydrogens is 395 g/mol. The van der Waals surface area contributed by atoms with Crippen molar-refractivity contribution in [1.29, 1.82) is 0 Å². The number of ether oxygens (including phenoxy) is 2. The zero-order valence-corrected chi connectivity index (χ0v) is 16.7. The lowest BCUT2D eigenvalue weighted by Gasteiger charge is -2.26. The largest absolute Gasteiger partial charge is 0.493 e. The van der Waals surface area contributed by atoms with Crippen LogP contribution in [0.5, 0.6) is 5.75 Å². The Kier molecular flexibility index (Phi) is 6.08. The van der Waals surface area contributed by atoms with E-state index in [1.165, 1.54) is 12.1 Å². The first-order valence-electron chi connectivity index (χ1n) is 9.56. The molecule has 29 heavy (non-hydrogen) atoms. The quantitative estimate of drug-likeness (QED) is 0.616. The van der Waals surface area contributed by atoms with Gasteiger partial charge in [-0.05, 0) is 36.8 Å². The number of benzene rings is 2. The maximum Gasteiger partial charge on any atom is 0.162 e. The highest BCUT2D eigenvalue weighted by Gasteiger charge is 2.12. The van der Waals surface area contributed by atoms with E-state index in [4.69, 9.17) is 26.8 Å². The van der Waals surface area contributed by atoms with Crippen LogP contribution in [0.2, 0.25) is 5.02 Å². The first kappa shape index (κ1) is 19.8. The standard InChI is InChI=1S/C21H22ClFN4O2/c22-17-12-14(2-5-18(17)23)21-25-19-13-15(3-4-16(19)20(24)26-21)29-9-1-6-27-7-10-28-11-8-27/h2-5,12-13H,1,6-11H2,(H2,24,25,26). The second-order valence-electron chi connectivity index (χ2n) is 6.90. The van der Waals surface area contributed by atoms with Gasteiger partial charge in [-0.1, -0.05) is 11.6 Å². The number of nitrogen functional groups attached to an aromatic ring is 1. The van der Waals surface area contributed by atoms with Gasteiger partial charge in [0.25, 0.3) is 0 Å². The van der Waals surface area contributed by atoms with Gasteiger partial charge in [-0.15, -0.1) is 0 Å². The number of rotatable bonds is 6. The van der Waals surface area contributed by atoms with E-state index in [2.05, 4.69) is 14.9 Å². The van der Waals surface area contributed by atoms with Crippen LogP contribution in [0.15, 0.2) is 36.4 Å². The molecule has 0 radical (unpaired) electrons. The Morgan fingerprint density at radius 1 is 1.14 bits per heavy atom. The highest BCUT2D eigenvalue weighted by atomic mass is 35.5. The lowest BCUT2D eigenvalue weighted by molar-refractivity contribution is 0.0358. The summed E-state index contributed by atoms with van der Waals surface area (Å²) in [5, 5.41) is 0.754. The van der Waals surface area contributed by atoms with E-state index in [-0.39, 0.29) is 5.02 Å². The number of aromatic nitrogens is 2. The van der Waals surface area contributed by atoms with Gasteiger partial charge in [0.2, 0.25) is 0 Å². The van der Waals surface area contributed by atoms with Gasteiger partial charge in [0.05, 0.1) is 30.4 Å². The van der Waals surface area contributed by atoms with E-state index >= 15 is 0 Å². The van der Waals surface area contributed by atoms with E-state index < -0.39 is 5.82 Å². The van der Waals surface area contributed by atoms with Crippen LogP contribution < -0.4 is 10.5 Å². The van der Waals surface area contributed by atoms with Crippen LogP contribution in [-0.4, -0.2) is 54.3 Å². The Hall–Kier alpha value is -2.48. The lowest BCUT2D eigenvalue weighted by Crippen LogP contribution is -2.37. The van der Waals surface area contributed by atoms with Crippen molar-refractivity contribution in [2.75, 3.05) is 45.2 Å². The maximum atomic E-state index is 13.4. The van der Waals surface area contributed by atoms with Gasteiger partial charge in [-0.3, -0.25) is 4.90 Å². The molecule has 4 rings (SSSR count). The number of hydrogen-bond donors (Lipinski definition) is 1. The fourth-order valence-electron chi connectivity index (χ4n) is 3.29. The molecule has 152 valence electrons. The number of hydrogen-bond acceptors (Lipinski definition) is 6. The van der Waals surface area contributed by atoms with E-state index in [0.717, 1.165) is 50.4 Å². The topological polar surface area (TPSA) is 73.5 Å². The minimum absolute atomic E-state index is 0.0159. The van der Waals surface area contributed by atoms with Crippen molar-refractivity contribution in [3.63, 3.8) is 0 Å². The Morgan fingerprint density at radius 3 is 2.76 bits per heavy atom. The molecular formula is C21H22ClFN4O2. The molecule has 8 heteroatoms. The first-order valence-corrected chi connectivity index (χ1v) is 9.93. The van der Waals surface area contributed by atoms with Crippen molar-refractivity contribution in [2.24, 2.45) is 0 Å². The Balaban J connectivity index is 1.47.